The highest BCUT2D eigenvalue weighted by molar-refractivity contribution is 6.30. The second kappa shape index (κ2) is 6.03. The third-order valence-corrected chi connectivity index (χ3v) is 3.41. The molecule has 0 fully saturated rings. The van der Waals surface area contributed by atoms with Gasteiger partial charge in [0, 0.05) is 16.3 Å². The Balaban J connectivity index is 1.88. The van der Waals surface area contributed by atoms with Gasteiger partial charge in [-0.25, -0.2) is 4.98 Å². The van der Waals surface area contributed by atoms with Gasteiger partial charge in [0.1, 0.15) is 0 Å². The van der Waals surface area contributed by atoms with Crippen molar-refractivity contribution >= 4 is 23.2 Å². The van der Waals surface area contributed by atoms with Crippen LogP contribution in [-0.4, -0.2) is 10.9 Å². The van der Waals surface area contributed by atoms with Crippen LogP contribution >= 0.6 is 11.6 Å². The van der Waals surface area contributed by atoms with Crippen LogP contribution in [0.2, 0.25) is 5.02 Å². The van der Waals surface area contributed by atoms with E-state index < -0.39 is 0 Å². The molecule has 2 aromatic carbocycles. The number of hydrogen-bond donors (Lipinski definition) is 1. The summed E-state index contributed by atoms with van der Waals surface area (Å²) < 4.78 is 5.35. The summed E-state index contributed by atoms with van der Waals surface area (Å²) in [6.07, 6.45) is 1.25. The molecule has 3 rings (SSSR count). The number of aryl methyl sites for hydroxylation is 1. The van der Waals surface area contributed by atoms with Gasteiger partial charge in [0.05, 0.1) is 0 Å². The standard InChI is InChI=1S/C17H13ClN2O2/c1-11-5-7-14(8-6-11)20-17(21)15-16(22-10-19-15)12-3-2-4-13(18)9-12/h2-10H,1H3,(H,20,21). The number of carbonyl (C=O) groups is 1. The largest absolute Gasteiger partial charge is 0.443 e. The van der Waals surface area contributed by atoms with Gasteiger partial charge >= 0.3 is 0 Å². The third kappa shape index (κ3) is 3.02. The van der Waals surface area contributed by atoms with Gasteiger partial charge < -0.3 is 9.73 Å². The number of rotatable bonds is 3. The molecule has 1 heterocycles. The molecule has 4 nitrogen and oxygen atoms in total. The highest BCUT2D eigenvalue weighted by atomic mass is 35.5. The molecule has 1 N–H and O–H groups in total. The lowest BCUT2D eigenvalue weighted by atomic mass is 10.1. The number of anilines is 1. The number of halogens is 1. The highest BCUT2D eigenvalue weighted by Gasteiger charge is 2.18. The van der Waals surface area contributed by atoms with Crippen molar-refractivity contribution in [2.45, 2.75) is 6.92 Å². The Bertz CT molecular complexity index is 810. The molecule has 0 spiro atoms. The minimum Gasteiger partial charge on any atom is -0.443 e. The quantitative estimate of drug-likeness (QED) is 0.771. The molecule has 1 amide bonds. The Morgan fingerprint density at radius 1 is 1.18 bits per heavy atom. The van der Waals surface area contributed by atoms with Crippen molar-refractivity contribution in [2.75, 3.05) is 5.32 Å². The molecule has 110 valence electrons. The Morgan fingerprint density at radius 3 is 2.68 bits per heavy atom. The maximum atomic E-state index is 12.4. The van der Waals surface area contributed by atoms with Crippen LogP contribution in [0.15, 0.2) is 59.3 Å². The molecular formula is C17H13ClN2O2. The fourth-order valence-corrected chi connectivity index (χ4v) is 2.26. The van der Waals surface area contributed by atoms with Crippen molar-refractivity contribution in [3.05, 3.63) is 71.2 Å². The number of carbonyl (C=O) groups excluding carboxylic acids is 1. The van der Waals surface area contributed by atoms with E-state index in [1.807, 2.05) is 37.3 Å². The molecule has 0 bridgehead atoms. The maximum absolute atomic E-state index is 12.4. The lowest BCUT2D eigenvalue weighted by Gasteiger charge is -2.05. The minimum atomic E-state index is -0.326. The first-order valence-electron chi connectivity index (χ1n) is 6.71. The number of amides is 1. The predicted molar refractivity (Wildman–Crippen MR) is 86.1 cm³/mol. The van der Waals surface area contributed by atoms with Crippen LogP contribution < -0.4 is 5.32 Å². The van der Waals surface area contributed by atoms with Crippen LogP contribution in [-0.2, 0) is 0 Å². The molecule has 0 saturated carbocycles. The zero-order valence-corrected chi connectivity index (χ0v) is 12.6. The second-order valence-corrected chi connectivity index (χ2v) is 5.30. The Kier molecular flexibility index (Phi) is 3.94. The molecular weight excluding hydrogens is 300 g/mol. The van der Waals surface area contributed by atoms with Crippen molar-refractivity contribution in [2.24, 2.45) is 0 Å². The SMILES string of the molecule is Cc1ccc(NC(=O)c2ncoc2-c2cccc(Cl)c2)cc1. The fourth-order valence-electron chi connectivity index (χ4n) is 2.07. The summed E-state index contributed by atoms with van der Waals surface area (Å²) in [4.78, 5) is 16.4. The Hall–Kier alpha value is -2.59. The fraction of sp³-hybridized carbons (Fsp3) is 0.0588. The molecule has 1 aromatic heterocycles. The van der Waals surface area contributed by atoms with E-state index in [1.165, 1.54) is 6.39 Å². The molecule has 0 aliphatic rings. The molecule has 22 heavy (non-hydrogen) atoms. The van der Waals surface area contributed by atoms with E-state index in [0.717, 1.165) is 5.56 Å². The third-order valence-electron chi connectivity index (χ3n) is 3.18. The molecule has 0 saturated heterocycles. The summed E-state index contributed by atoms with van der Waals surface area (Å²) in [5, 5.41) is 3.37. The second-order valence-electron chi connectivity index (χ2n) is 4.86. The van der Waals surface area contributed by atoms with Crippen LogP contribution in [0.3, 0.4) is 0 Å². The minimum absolute atomic E-state index is 0.225. The van der Waals surface area contributed by atoms with E-state index >= 15 is 0 Å². The normalized spacial score (nSPS) is 10.5. The van der Waals surface area contributed by atoms with Crippen molar-refractivity contribution in [1.82, 2.24) is 4.98 Å². The van der Waals surface area contributed by atoms with E-state index in [2.05, 4.69) is 10.3 Å². The van der Waals surface area contributed by atoms with Gasteiger partial charge in [-0.3, -0.25) is 4.79 Å². The van der Waals surface area contributed by atoms with Crippen LogP contribution in [0, 0.1) is 6.92 Å². The van der Waals surface area contributed by atoms with Crippen molar-refractivity contribution in [3.63, 3.8) is 0 Å². The van der Waals surface area contributed by atoms with Crippen molar-refractivity contribution in [3.8, 4) is 11.3 Å². The van der Waals surface area contributed by atoms with E-state index in [4.69, 9.17) is 16.0 Å². The topological polar surface area (TPSA) is 55.1 Å². The Morgan fingerprint density at radius 2 is 1.95 bits per heavy atom. The van der Waals surface area contributed by atoms with Crippen molar-refractivity contribution < 1.29 is 9.21 Å². The zero-order valence-electron chi connectivity index (χ0n) is 11.8. The van der Waals surface area contributed by atoms with E-state index in [1.54, 1.807) is 18.2 Å². The summed E-state index contributed by atoms with van der Waals surface area (Å²) in [6, 6.07) is 14.6. The molecule has 5 heteroatoms. The number of oxazole rings is 1. The van der Waals surface area contributed by atoms with Crippen LogP contribution in [0.1, 0.15) is 16.1 Å². The molecule has 0 unspecified atom stereocenters. The first-order valence-corrected chi connectivity index (χ1v) is 7.09. The monoisotopic (exact) mass is 312 g/mol. The lowest BCUT2D eigenvalue weighted by Crippen LogP contribution is -2.13. The summed E-state index contributed by atoms with van der Waals surface area (Å²) in [7, 11) is 0. The van der Waals surface area contributed by atoms with E-state index in [9.17, 15) is 4.79 Å². The average molecular weight is 313 g/mol. The van der Waals surface area contributed by atoms with Crippen molar-refractivity contribution in [1.29, 1.82) is 0 Å². The van der Waals surface area contributed by atoms with Crippen LogP contribution in [0.25, 0.3) is 11.3 Å². The molecule has 0 radical (unpaired) electrons. The number of nitrogens with zero attached hydrogens (tertiary/aromatic N) is 1. The molecule has 0 aliphatic heterocycles. The maximum Gasteiger partial charge on any atom is 0.278 e. The van der Waals surface area contributed by atoms with Gasteiger partial charge in [-0.1, -0.05) is 41.4 Å². The van der Waals surface area contributed by atoms with Gasteiger partial charge in [0.25, 0.3) is 5.91 Å². The van der Waals surface area contributed by atoms with E-state index in [0.29, 0.717) is 22.0 Å². The van der Waals surface area contributed by atoms with Gasteiger partial charge in [-0.2, -0.15) is 0 Å². The van der Waals surface area contributed by atoms with Gasteiger partial charge in [0.15, 0.2) is 17.8 Å². The van der Waals surface area contributed by atoms with Crippen LogP contribution in [0.4, 0.5) is 5.69 Å². The summed E-state index contributed by atoms with van der Waals surface area (Å²) >= 11 is 5.98. The predicted octanol–water partition coefficient (Wildman–Crippen LogP) is 4.56. The Labute approximate surface area is 132 Å². The summed E-state index contributed by atoms with van der Waals surface area (Å²) in [5.74, 6) is 0.0692. The smallest absolute Gasteiger partial charge is 0.278 e. The first-order chi connectivity index (χ1) is 10.6. The molecule has 0 aliphatic carbocycles. The number of hydrogen-bond acceptors (Lipinski definition) is 3. The summed E-state index contributed by atoms with van der Waals surface area (Å²) in [6.45, 7) is 1.99. The van der Waals surface area contributed by atoms with Gasteiger partial charge in [-0.05, 0) is 31.2 Å². The average Bonchev–Trinajstić information content (AvgIpc) is 2.99. The number of nitrogens with one attached hydrogen (secondary N) is 1. The van der Waals surface area contributed by atoms with E-state index in [-0.39, 0.29) is 11.6 Å². The zero-order chi connectivity index (χ0) is 15.5. The number of aromatic nitrogens is 1. The molecule has 3 aromatic rings. The first kappa shape index (κ1) is 14.4. The van der Waals surface area contributed by atoms with Crippen LogP contribution in [0.5, 0.6) is 0 Å². The van der Waals surface area contributed by atoms with Gasteiger partial charge in [0.2, 0.25) is 0 Å². The molecule has 0 atom stereocenters. The lowest BCUT2D eigenvalue weighted by molar-refractivity contribution is 0.102. The van der Waals surface area contributed by atoms with Gasteiger partial charge in [-0.15, -0.1) is 0 Å². The highest BCUT2D eigenvalue weighted by Crippen LogP contribution is 2.26. The summed E-state index contributed by atoms with van der Waals surface area (Å²) in [5.41, 5.74) is 2.76. The number of benzene rings is 2.